The number of amides is 12. The van der Waals surface area contributed by atoms with E-state index in [4.69, 9.17) is 26.4 Å². The van der Waals surface area contributed by atoms with E-state index in [9.17, 15) is 78.0 Å². The van der Waals surface area contributed by atoms with Gasteiger partial charge in [0.25, 0.3) is 0 Å². The van der Waals surface area contributed by atoms with E-state index in [2.05, 4.69) is 53.2 Å². The molecule has 2 rings (SSSR count). The van der Waals surface area contributed by atoms with E-state index < -0.39 is 204 Å². The number of aliphatic hydroxyl groups excluding tert-OH is 4. The van der Waals surface area contributed by atoms with Crippen molar-refractivity contribution in [3.8, 4) is 0 Å². The lowest BCUT2D eigenvalue weighted by Gasteiger charge is -2.33. The van der Waals surface area contributed by atoms with Crippen molar-refractivity contribution in [3.05, 3.63) is 35.9 Å². The molecule has 34 nitrogen and oxygen atoms in total. The molecule has 0 spiro atoms. The molecule has 1 aromatic carbocycles. The first kappa shape index (κ1) is 83.3. The first-order chi connectivity index (χ1) is 44.8. The van der Waals surface area contributed by atoms with Gasteiger partial charge in [-0.05, 0) is 89.0 Å². The van der Waals surface area contributed by atoms with Gasteiger partial charge in [0, 0.05) is 6.54 Å². The summed E-state index contributed by atoms with van der Waals surface area (Å²) >= 11 is 0. The number of hydrogen-bond donors (Lipinski definition) is 19. The lowest BCUT2D eigenvalue weighted by molar-refractivity contribution is -0.159. The van der Waals surface area contributed by atoms with Crippen LogP contribution in [0, 0.1) is 29.1 Å². The molecule has 15 atom stereocenters. The van der Waals surface area contributed by atoms with E-state index in [-0.39, 0.29) is 63.0 Å². The number of esters is 1. The molecule has 96 heavy (non-hydrogen) atoms. The number of alkyl carbamates (subject to hydrolysis) is 1. The van der Waals surface area contributed by atoms with Crippen molar-refractivity contribution >= 4 is 83.0 Å². The SMILES string of the molecule is CCC[C@H](NC(=O)[C@@H](CC(C)C)NC(=O)OC(C)(C)C)C(=O)N[C@@H]1C(=O)N[C@@H]([C@H](O)C(C)C)C(=O)N[C@@H](CC(C)C)C(=O)N[C@H](CCCNC(=N)N)C(=O)N[C@@H]([C@@H](C)CC)C(=O)N[C@@H]([C@H](C)O)C(=O)NCC(=O)N[C@@H]([C@H](O)C(N)=O)C(=O)N[C@@H](CO)C(=O)O[C@@H]1c1ccccc1. The molecule has 12 amide bonds. The number of nitrogens with one attached hydrogen (secondary N) is 13. The number of hydrogen-bond acceptors (Lipinski definition) is 20. The highest BCUT2D eigenvalue weighted by molar-refractivity contribution is 6.00. The fourth-order valence-electron chi connectivity index (χ4n) is 9.66. The van der Waals surface area contributed by atoms with Crippen LogP contribution in [-0.2, 0) is 67.0 Å². The highest BCUT2D eigenvalue weighted by atomic mass is 16.6. The highest BCUT2D eigenvalue weighted by Gasteiger charge is 2.44. The molecule has 34 heteroatoms. The van der Waals surface area contributed by atoms with Crippen LogP contribution in [0.15, 0.2) is 30.3 Å². The number of primary amides is 1. The van der Waals surface area contributed by atoms with E-state index in [1.165, 1.54) is 44.2 Å². The number of ether oxygens (including phenoxy) is 2. The number of cyclic esters (lactones) is 1. The van der Waals surface area contributed by atoms with Crippen LogP contribution in [0.25, 0.3) is 0 Å². The Kier molecular flexibility index (Phi) is 34.7. The van der Waals surface area contributed by atoms with Gasteiger partial charge in [-0.3, -0.25) is 58.1 Å². The number of aliphatic hydroxyl groups is 4. The normalized spacial score (nSPS) is 23.9. The van der Waals surface area contributed by atoms with Crippen molar-refractivity contribution in [2.75, 3.05) is 19.7 Å². The Balaban J connectivity index is 3.14. The molecule has 540 valence electrons. The topological polar surface area (TPSA) is 542 Å². The Morgan fingerprint density at radius 1 is 0.677 bits per heavy atom. The van der Waals surface area contributed by atoms with Gasteiger partial charge in [-0.1, -0.05) is 105 Å². The number of carbonyl (C=O) groups excluding carboxylic acids is 13. The summed E-state index contributed by atoms with van der Waals surface area (Å²) in [4.78, 5) is 184. The molecule has 0 radical (unpaired) electrons. The van der Waals surface area contributed by atoms with E-state index in [0.717, 1.165) is 6.92 Å². The number of benzene rings is 1. The number of rotatable bonds is 24. The van der Waals surface area contributed by atoms with Crippen molar-refractivity contribution in [1.29, 1.82) is 5.41 Å². The largest absolute Gasteiger partial charge is 0.453 e. The third kappa shape index (κ3) is 27.9. The molecule has 1 aromatic rings. The maximum absolute atomic E-state index is 15.5. The zero-order chi connectivity index (χ0) is 73.1. The maximum atomic E-state index is 15.5. The van der Waals surface area contributed by atoms with Crippen molar-refractivity contribution in [3.63, 3.8) is 0 Å². The molecule has 0 bridgehead atoms. The molecule has 0 aromatic heterocycles. The van der Waals surface area contributed by atoms with Crippen LogP contribution in [0.3, 0.4) is 0 Å². The minimum Gasteiger partial charge on any atom is -0.453 e. The Morgan fingerprint density at radius 2 is 1.24 bits per heavy atom. The van der Waals surface area contributed by atoms with Crippen LogP contribution in [0.4, 0.5) is 4.79 Å². The first-order valence-electron chi connectivity index (χ1n) is 32.0. The Morgan fingerprint density at radius 3 is 1.77 bits per heavy atom. The standard InChI is InChI=1S/C62H103N15O19/c1-14-20-35(68-53(87)38(26-30(5)6)72-61(94)96-62(11,12)13)50(84)77-45-48(34-21-17-16-18-22-34)95-59(93)39(28-78)71-57(91)44(47(82)49(63)83)73-40(80)27-67-54(88)42(33(10)79)75-55(89)41(32(9)15-2)74-51(85)36(23-19-24-66-60(64)65)69-52(86)37(25-29(3)4)70-56(90)43(76-58(45)92)46(81)31(7)8/h16-18,21-22,29-33,35-39,41-48,78-79,81-82H,14-15,19-20,23-28H2,1-13H3,(H2,63,83)(H,67,88)(H,68,87)(H,69,86)(H,70,90)(H,71,91)(H,72,94)(H,73,80)(H,74,85)(H,75,89)(H,76,92)(H,77,84)(H4,64,65,66)/t32-,33-,35-,36+,37-,38+,39-,41-,42-,43-,44-,45-,46+,47-,48+/m0/s1. The van der Waals surface area contributed by atoms with E-state index >= 15 is 4.79 Å². The summed E-state index contributed by atoms with van der Waals surface area (Å²) in [5, 5.41) is 80.9. The molecule has 1 aliphatic heterocycles. The lowest BCUT2D eigenvalue weighted by Crippen LogP contribution is -2.64. The van der Waals surface area contributed by atoms with Gasteiger partial charge < -0.3 is 105 Å². The second-order valence-electron chi connectivity index (χ2n) is 25.8. The summed E-state index contributed by atoms with van der Waals surface area (Å²) in [6, 6.07) is -11.4. The van der Waals surface area contributed by atoms with E-state index in [1.54, 1.807) is 69.2 Å². The van der Waals surface area contributed by atoms with Gasteiger partial charge in [-0.2, -0.15) is 0 Å². The minimum absolute atomic E-state index is 0.00144. The second-order valence-corrected chi connectivity index (χ2v) is 25.8. The average Bonchev–Trinajstić information content (AvgIpc) is 0.828. The van der Waals surface area contributed by atoms with Crippen LogP contribution in [0.2, 0.25) is 0 Å². The Hall–Kier alpha value is -8.76. The predicted octanol–water partition coefficient (Wildman–Crippen LogP) is -3.90. The third-order valence-electron chi connectivity index (χ3n) is 15.0. The van der Waals surface area contributed by atoms with Crippen molar-refractivity contribution in [2.24, 2.45) is 35.1 Å². The lowest BCUT2D eigenvalue weighted by atomic mass is 9.95. The van der Waals surface area contributed by atoms with Gasteiger partial charge in [0.05, 0.1) is 25.4 Å². The van der Waals surface area contributed by atoms with Gasteiger partial charge >= 0.3 is 12.1 Å². The zero-order valence-electron chi connectivity index (χ0n) is 56.9. The van der Waals surface area contributed by atoms with Crippen LogP contribution in [0.5, 0.6) is 0 Å². The summed E-state index contributed by atoms with van der Waals surface area (Å²) < 4.78 is 11.3. The fraction of sp³-hybridized carbons (Fsp3) is 0.677. The van der Waals surface area contributed by atoms with Gasteiger partial charge in [0.2, 0.25) is 65.0 Å². The quantitative estimate of drug-likeness (QED) is 0.0204. The molecule has 1 saturated heterocycles. The molecule has 0 unspecified atom stereocenters. The summed E-state index contributed by atoms with van der Waals surface area (Å²) in [6.45, 7) is 18.2. The maximum Gasteiger partial charge on any atom is 0.408 e. The summed E-state index contributed by atoms with van der Waals surface area (Å²) in [5.41, 5.74) is 9.76. The summed E-state index contributed by atoms with van der Waals surface area (Å²) in [6.07, 6.45) is -9.23. The van der Waals surface area contributed by atoms with Gasteiger partial charge in [-0.25, -0.2) is 9.59 Å². The van der Waals surface area contributed by atoms with Crippen LogP contribution in [-0.4, -0.2) is 207 Å². The average molecular weight is 1360 g/mol. The number of carbonyl (C=O) groups is 13. The number of nitrogens with two attached hydrogens (primary N) is 2. The van der Waals surface area contributed by atoms with Crippen molar-refractivity contribution in [2.45, 2.75) is 225 Å². The number of guanidine groups is 1. The first-order valence-corrected chi connectivity index (χ1v) is 32.0. The second kappa shape index (κ2) is 39.9. The van der Waals surface area contributed by atoms with E-state index in [0.29, 0.717) is 0 Å². The van der Waals surface area contributed by atoms with Gasteiger partial charge in [-0.15, -0.1) is 0 Å². The van der Waals surface area contributed by atoms with Gasteiger partial charge in [0.15, 0.2) is 24.2 Å². The minimum atomic E-state index is -2.60. The summed E-state index contributed by atoms with van der Waals surface area (Å²) in [7, 11) is 0. The Labute approximate surface area is 558 Å². The van der Waals surface area contributed by atoms with Crippen molar-refractivity contribution < 1.29 is 92.2 Å². The molecule has 1 fully saturated rings. The highest BCUT2D eigenvalue weighted by Crippen LogP contribution is 2.25. The zero-order valence-corrected chi connectivity index (χ0v) is 56.9. The van der Waals surface area contributed by atoms with Crippen LogP contribution < -0.4 is 75.3 Å². The molecule has 21 N–H and O–H groups in total. The predicted molar refractivity (Wildman–Crippen MR) is 346 cm³/mol. The molecular formula is C62H103N15O19. The van der Waals surface area contributed by atoms with Crippen molar-refractivity contribution in [1.82, 2.24) is 63.8 Å². The monoisotopic (exact) mass is 1360 g/mol. The molecule has 0 saturated carbocycles. The third-order valence-corrected chi connectivity index (χ3v) is 15.0. The molecule has 1 aliphatic rings. The molecule has 1 heterocycles. The van der Waals surface area contributed by atoms with Gasteiger partial charge in [0.1, 0.15) is 60.0 Å². The van der Waals surface area contributed by atoms with Crippen LogP contribution in [0.1, 0.15) is 147 Å². The Bertz CT molecular complexity index is 2840. The summed E-state index contributed by atoms with van der Waals surface area (Å²) in [5.74, 6) is -17.7. The van der Waals surface area contributed by atoms with E-state index in [1.807, 2.05) is 10.6 Å². The van der Waals surface area contributed by atoms with Crippen LogP contribution >= 0.6 is 0 Å². The molecule has 0 aliphatic carbocycles. The molecular weight excluding hydrogens is 1260 g/mol. The fourth-order valence-corrected chi connectivity index (χ4v) is 9.66. The smallest absolute Gasteiger partial charge is 0.408 e.